The van der Waals surface area contributed by atoms with E-state index in [9.17, 15) is 4.79 Å². The smallest absolute Gasteiger partial charge is 0.269 e. The lowest BCUT2D eigenvalue weighted by atomic mass is 10.0. The molecule has 0 spiro atoms. The molecular formula is C11H20N4OS. The van der Waals surface area contributed by atoms with Crippen molar-refractivity contribution in [2.75, 3.05) is 18.5 Å². The zero-order valence-corrected chi connectivity index (χ0v) is 11.4. The van der Waals surface area contributed by atoms with Crippen molar-refractivity contribution in [3.05, 3.63) is 11.8 Å². The molecule has 0 fully saturated rings. The molecule has 4 N–H and O–H groups in total. The first-order valence-electron chi connectivity index (χ1n) is 5.71. The van der Waals surface area contributed by atoms with Crippen molar-refractivity contribution in [1.29, 1.82) is 0 Å². The highest BCUT2D eigenvalue weighted by molar-refractivity contribution is 8.00. The number of aromatic nitrogens is 2. The predicted molar refractivity (Wildman–Crippen MR) is 72.2 cm³/mol. The van der Waals surface area contributed by atoms with Crippen molar-refractivity contribution >= 4 is 23.5 Å². The number of carbonyl (C=O) groups is 1. The predicted octanol–water partition coefficient (Wildman–Crippen LogP) is 1.64. The number of hydrogen-bond acceptors (Lipinski definition) is 4. The van der Waals surface area contributed by atoms with Crippen LogP contribution in [-0.2, 0) is 0 Å². The first-order valence-corrected chi connectivity index (χ1v) is 6.93. The number of nitrogens with two attached hydrogens (primary N) is 1. The topological polar surface area (TPSA) is 83.8 Å². The van der Waals surface area contributed by atoms with Crippen molar-refractivity contribution in [2.24, 2.45) is 0 Å². The number of hydrogen-bond donors (Lipinski definition) is 3. The molecule has 0 aliphatic rings. The number of nitrogens with zero attached hydrogens (tertiary/aromatic N) is 1. The molecule has 0 saturated carbocycles. The Morgan fingerprint density at radius 3 is 2.65 bits per heavy atom. The number of carbonyl (C=O) groups excluding carboxylic acids is 1. The summed E-state index contributed by atoms with van der Waals surface area (Å²) >= 11 is 1.79. The molecule has 0 radical (unpaired) electrons. The highest BCUT2D eigenvalue weighted by Gasteiger charge is 2.25. The van der Waals surface area contributed by atoms with Gasteiger partial charge < -0.3 is 11.1 Å². The van der Waals surface area contributed by atoms with Crippen molar-refractivity contribution in [3.63, 3.8) is 0 Å². The summed E-state index contributed by atoms with van der Waals surface area (Å²) in [5.41, 5.74) is 5.86. The van der Waals surface area contributed by atoms with Crippen LogP contribution in [0.5, 0.6) is 0 Å². The average Bonchev–Trinajstić information content (AvgIpc) is 2.78. The number of aromatic amines is 1. The maximum absolute atomic E-state index is 11.8. The third-order valence-electron chi connectivity index (χ3n) is 3.14. The van der Waals surface area contributed by atoms with E-state index in [4.69, 9.17) is 5.73 Å². The summed E-state index contributed by atoms with van der Waals surface area (Å²) in [6.07, 6.45) is 4.12. The average molecular weight is 256 g/mol. The Bertz CT molecular complexity index is 365. The van der Waals surface area contributed by atoms with Crippen LogP contribution < -0.4 is 11.1 Å². The summed E-state index contributed by atoms with van der Waals surface area (Å²) in [7, 11) is 0. The van der Waals surface area contributed by atoms with Crippen LogP contribution in [0.1, 0.15) is 37.2 Å². The summed E-state index contributed by atoms with van der Waals surface area (Å²) in [4.78, 5) is 11.8. The molecule has 0 aliphatic heterocycles. The third-order valence-corrected chi connectivity index (χ3v) is 4.72. The van der Waals surface area contributed by atoms with Crippen molar-refractivity contribution in [2.45, 2.75) is 31.4 Å². The Morgan fingerprint density at radius 1 is 1.59 bits per heavy atom. The molecule has 0 atom stereocenters. The summed E-state index contributed by atoms with van der Waals surface area (Å²) in [6, 6.07) is 1.54. The molecule has 1 amide bonds. The maximum atomic E-state index is 11.8. The van der Waals surface area contributed by atoms with Gasteiger partial charge in [0.15, 0.2) is 0 Å². The highest BCUT2D eigenvalue weighted by atomic mass is 32.2. The number of nitrogens with one attached hydrogen (secondary N) is 2. The molecule has 0 saturated heterocycles. The first-order chi connectivity index (χ1) is 8.06. The lowest BCUT2D eigenvalue weighted by Gasteiger charge is -2.29. The number of amides is 1. The Balaban J connectivity index is 2.58. The minimum atomic E-state index is -0.158. The number of rotatable bonds is 6. The summed E-state index contributed by atoms with van der Waals surface area (Å²) < 4.78 is 0.112. The molecular weight excluding hydrogens is 236 g/mol. The van der Waals surface area contributed by atoms with Gasteiger partial charge in [0.2, 0.25) is 0 Å². The van der Waals surface area contributed by atoms with Crippen LogP contribution in [0.15, 0.2) is 6.07 Å². The van der Waals surface area contributed by atoms with Crippen LogP contribution in [0.2, 0.25) is 0 Å². The van der Waals surface area contributed by atoms with Gasteiger partial charge in [-0.2, -0.15) is 16.9 Å². The molecule has 1 rings (SSSR count). The van der Waals surface area contributed by atoms with E-state index in [1.165, 1.54) is 6.07 Å². The van der Waals surface area contributed by atoms with Gasteiger partial charge in [-0.1, -0.05) is 13.8 Å². The van der Waals surface area contributed by atoms with E-state index in [0.717, 1.165) is 12.8 Å². The Labute approximate surface area is 106 Å². The van der Waals surface area contributed by atoms with Crippen molar-refractivity contribution in [1.82, 2.24) is 15.5 Å². The van der Waals surface area contributed by atoms with E-state index in [-0.39, 0.29) is 10.7 Å². The monoisotopic (exact) mass is 256 g/mol. The van der Waals surface area contributed by atoms with E-state index < -0.39 is 0 Å². The quantitative estimate of drug-likeness (QED) is 0.722. The minimum Gasteiger partial charge on any atom is -0.382 e. The van der Waals surface area contributed by atoms with E-state index in [1.807, 2.05) is 0 Å². The number of thioether (sulfide) groups is 1. The Morgan fingerprint density at radius 2 is 2.24 bits per heavy atom. The first kappa shape index (κ1) is 13.9. The molecule has 96 valence electrons. The molecule has 0 unspecified atom stereocenters. The van der Waals surface area contributed by atoms with Crippen molar-refractivity contribution in [3.8, 4) is 0 Å². The van der Waals surface area contributed by atoms with Gasteiger partial charge >= 0.3 is 0 Å². The molecule has 1 heterocycles. The lowest BCUT2D eigenvalue weighted by molar-refractivity contribution is 0.0944. The van der Waals surface area contributed by atoms with E-state index in [0.29, 0.717) is 18.1 Å². The van der Waals surface area contributed by atoms with E-state index >= 15 is 0 Å². The van der Waals surface area contributed by atoms with Gasteiger partial charge in [0.05, 0.1) is 0 Å². The van der Waals surface area contributed by atoms with Gasteiger partial charge in [0, 0.05) is 17.4 Å². The molecule has 5 nitrogen and oxygen atoms in total. The third kappa shape index (κ3) is 3.39. The van der Waals surface area contributed by atoms with Crippen molar-refractivity contribution < 1.29 is 4.79 Å². The second-order valence-electron chi connectivity index (χ2n) is 3.98. The van der Waals surface area contributed by atoms with E-state index in [2.05, 4.69) is 35.6 Å². The normalized spacial score (nSPS) is 11.5. The molecule has 17 heavy (non-hydrogen) atoms. The number of anilines is 1. The highest BCUT2D eigenvalue weighted by Crippen LogP contribution is 2.29. The SMILES string of the molecule is CCC(CC)(CNC(=O)c1cc(N)n[nH]1)SC. The standard InChI is InChI=1S/C11H20N4OS/c1-4-11(5-2,17-3)7-13-10(16)8-6-9(12)15-14-8/h6H,4-5,7H2,1-3H3,(H,13,16)(H3,12,14,15). The summed E-state index contributed by atoms with van der Waals surface area (Å²) in [5.74, 6) is 0.173. The van der Waals surface area contributed by atoms with Crippen LogP contribution in [0.3, 0.4) is 0 Å². The van der Waals surface area contributed by atoms with E-state index in [1.54, 1.807) is 11.8 Å². The fourth-order valence-corrected chi connectivity index (χ4v) is 2.44. The number of H-pyrrole nitrogens is 1. The Kier molecular flexibility index (Phi) is 4.86. The van der Waals surface area contributed by atoms with Gasteiger partial charge in [0.1, 0.15) is 11.5 Å². The molecule has 0 bridgehead atoms. The summed E-state index contributed by atoms with van der Waals surface area (Å²) in [5, 5.41) is 9.25. The second kappa shape index (κ2) is 5.95. The van der Waals surface area contributed by atoms with Gasteiger partial charge in [-0.15, -0.1) is 0 Å². The maximum Gasteiger partial charge on any atom is 0.269 e. The molecule has 1 aromatic rings. The zero-order chi connectivity index (χ0) is 12.9. The molecule has 0 aliphatic carbocycles. The van der Waals surface area contributed by atoms with Crippen LogP contribution >= 0.6 is 11.8 Å². The zero-order valence-electron chi connectivity index (χ0n) is 10.5. The van der Waals surface area contributed by atoms with Crippen LogP contribution in [0, 0.1) is 0 Å². The summed E-state index contributed by atoms with van der Waals surface area (Å²) in [6.45, 7) is 4.93. The molecule has 1 aromatic heterocycles. The fraction of sp³-hybridized carbons (Fsp3) is 0.636. The molecule has 6 heteroatoms. The second-order valence-corrected chi connectivity index (χ2v) is 5.26. The van der Waals surface area contributed by atoms with Crippen LogP contribution in [0.25, 0.3) is 0 Å². The van der Waals surface area contributed by atoms with Gasteiger partial charge in [0.25, 0.3) is 5.91 Å². The van der Waals surface area contributed by atoms with Crippen LogP contribution in [-0.4, -0.2) is 33.7 Å². The van der Waals surface area contributed by atoms with Gasteiger partial charge in [-0.3, -0.25) is 9.89 Å². The Hall–Kier alpha value is -1.17. The van der Waals surface area contributed by atoms with Gasteiger partial charge in [-0.05, 0) is 19.1 Å². The molecule has 0 aromatic carbocycles. The minimum absolute atomic E-state index is 0.112. The van der Waals surface area contributed by atoms with Crippen LogP contribution in [0.4, 0.5) is 5.82 Å². The fourth-order valence-electron chi connectivity index (χ4n) is 1.65. The van der Waals surface area contributed by atoms with Gasteiger partial charge in [-0.25, -0.2) is 0 Å². The lowest BCUT2D eigenvalue weighted by Crippen LogP contribution is -2.39. The largest absolute Gasteiger partial charge is 0.382 e. The number of nitrogen functional groups attached to an aromatic ring is 1.